The Bertz CT molecular complexity index is 771. The maximum absolute atomic E-state index is 12.5. The number of carbonyl (C=O) groups excluding carboxylic acids is 1. The van der Waals surface area contributed by atoms with Crippen molar-refractivity contribution in [1.82, 2.24) is 0 Å². The van der Waals surface area contributed by atoms with Gasteiger partial charge in [0.15, 0.2) is 0 Å². The van der Waals surface area contributed by atoms with Gasteiger partial charge in [-0.1, -0.05) is 48.5 Å². The normalized spacial score (nSPS) is 33.8. The molecular formula is C24H28NO2+. The van der Waals surface area contributed by atoms with Gasteiger partial charge >= 0.3 is 5.97 Å². The van der Waals surface area contributed by atoms with E-state index in [-0.39, 0.29) is 12.1 Å². The van der Waals surface area contributed by atoms with Gasteiger partial charge in [-0.2, -0.15) is 0 Å². The Morgan fingerprint density at radius 1 is 0.852 bits per heavy atom. The third-order valence-electron chi connectivity index (χ3n) is 7.24. The van der Waals surface area contributed by atoms with Gasteiger partial charge in [-0.15, -0.1) is 0 Å². The standard InChI is InChI=1S/C24H27NO2/c26-24(18-9-5-2-6-10-18)27-23-19-11-12-20(23)22-16-25(15-21(19)22)14-13-17-7-3-1-4-8-17/h1-10,19-23H,11-16H2/p+1/t19-,20-,21-,22-/m0/s1. The van der Waals surface area contributed by atoms with Crippen molar-refractivity contribution in [2.75, 3.05) is 19.6 Å². The molecule has 1 N–H and O–H groups in total. The Morgan fingerprint density at radius 3 is 2.07 bits per heavy atom. The molecule has 1 aliphatic heterocycles. The van der Waals surface area contributed by atoms with Crippen molar-refractivity contribution in [3.63, 3.8) is 0 Å². The molecule has 0 spiro atoms. The van der Waals surface area contributed by atoms with Crippen LogP contribution in [0.4, 0.5) is 0 Å². The van der Waals surface area contributed by atoms with Gasteiger partial charge in [0, 0.05) is 30.1 Å². The predicted octanol–water partition coefficient (Wildman–Crippen LogP) is 2.63. The Hall–Kier alpha value is -2.13. The summed E-state index contributed by atoms with van der Waals surface area (Å²) < 4.78 is 6.04. The topological polar surface area (TPSA) is 30.7 Å². The Labute approximate surface area is 161 Å². The molecule has 2 saturated carbocycles. The van der Waals surface area contributed by atoms with Gasteiger partial charge in [0.1, 0.15) is 6.10 Å². The highest BCUT2D eigenvalue weighted by Crippen LogP contribution is 2.54. The number of benzene rings is 2. The summed E-state index contributed by atoms with van der Waals surface area (Å²) in [4.78, 5) is 14.3. The van der Waals surface area contributed by atoms with Crippen LogP contribution in [0.15, 0.2) is 60.7 Å². The predicted molar refractivity (Wildman–Crippen MR) is 105 cm³/mol. The first-order valence-corrected chi connectivity index (χ1v) is 10.4. The second-order valence-electron chi connectivity index (χ2n) is 8.61. The molecule has 0 aromatic heterocycles. The number of esters is 1. The van der Waals surface area contributed by atoms with E-state index < -0.39 is 0 Å². The highest BCUT2D eigenvalue weighted by molar-refractivity contribution is 5.89. The average molecular weight is 362 g/mol. The zero-order valence-electron chi connectivity index (χ0n) is 15.7. The second-order valence-corrected chi connectivity index (χ2v) is 8.61. The average Bonchev–Trinajstić information content (AvgIpc) is 3.38. The lowest BCUT2D eigenvalue weighted by molar-refractivity contribution is -0.890. The third kappa shape index (κ3) is 3.19. The van der Waals surface area contributed by atoms with Crippen LogP contribution in [0.1, 0.15) is 28.8 Å². The fourth-order valence-corrected chi connectivity index (χ4v) is 6.05. The number of carbonyl (C=O) groups is 1. The first-order valence-electron chi connectivity index (χ1n) is 10.4. The van der Waals surface area contributed by atoms with Crippen LogP contribution in [-0.4, -0.2) is 31.7 Å². The van der Waals surface area contributed by atoms with Gasteiger partial charge in [-0.3, -0.25) is 0 Å². The molecular weight excluding hydrogens is 334 g/mol. The van der Waals surface area contributed by atoms with E-state index in [0.29, 0.717) is 17.4 Å². The lowest BCUT2D eigenvalue weighted by atomic mass is 9.82. The lowest BCUT2D eigenvalue weighted by Gasteiger charge is -2.22. The second kappa shape index (κ2) is 7.12. The van der Waals surface area contributed by atoms with Gasteiger partial charge in [-0.05, 0) is 30.5 Å². The Balaban J connectivity index is 1.20. The molecule has 140 valence electrons. The van der Waals surface area contributed by atoms with Crippen LogP contribution in [0.3, 0.4) is 0 Å². The minimum Gasteiger partial charge on any atom is -0.458 e. The minimum absolute atomic E-state index is 0.134. The van der Waals surface area contributed by atoms with E-state index in [4.69, 9.17) is 4.74 Å². The van der Waals surface area contributed by atoms with Crippen molar-refractivity contribution in [3.8, 4) is 0 Å². The number of nitrogens with one attached hydrogen (secondary N) is 1. The van der Waals surface area contributed by atoms with Crippen LogP contribution >= 0.6 is 0 Å². The highest BCUT2D eigenvalue weighted by atomic mass is 16.5. The summed E-state index contributed by atoms with van der Waals surface area (Å²) in [5.74, 6) is 2.54. The van der Waals surface area contributed by atoms with Crippen molar-refractivity contribution in [2.45, 2.75) is 25.4 Å². The summed E-state index contributed by atoms with van der Waals surface area (Å²) >= 11 is 0. The van der Waals surface area contributed by atoms with Crippen molar-refractivity contribution in [2.24, 2.45) is 23.7 Å². The Morgan fingerprint density at radius 2 is 1.44 bits per heavy atom. The van der Waals surface area contributed by atoms with E-state index >= 15 is 0 Å². The number of quaternary nitrogens is 1. The van der Waals surface area contributed by atoms with Crippen molar-refractivity contribution in [3.05, 3.63) is 71.8 Å². The molecule has 27 heavy (non-hydrogen) atoms. The highest BCUT2D eigenvalue weighted by Gasteiger charge is 2.60. The molecule has 2 bridgehead atoms. The molecule has 0 radical (unpaired) electrons. The van der Waals surface area contributed by atoms with Crippen LogP contribution < -0.4 is 4.90 Å². The smallest absolute Gasteiger partial charge is 0.338 e. The van der Waals surface area contributed by atoms with Crippen molar-refractivity contribution < 1.29 is 14.4 Å². The van der Waals surface area contributed by atoms with E-state index in [1.807, 2.05) is 30.3 Å². The molecule has 3 aliphatic rings. The molecule has 3 fully saturated rings. The van der Waals surface area contributed by atoms with E-state index in [1.54, 1.807) is 4.90 Å². The number of hydrogen-bond acceptors (Lipinski definition) is 2. The first kappa shape index (κ1) is 17.0. The molecule has 3 nitrogen and oxygen atoms in total. The fraction of sp³-hybridized carbons (Fsp3) is 0.458. The maximum atomic E-state index is 12.5. The van der Waals surface area contributed by atoms with Gasteiger partial charge in [0.2, 0.25) is 0 Å². The molecule has 2 aromatic carbocycles. The summed E-state index contributed by atoms with van der Waals surface area (Å²) in [5, 5.41) is 0. The maximum Gasteiger partial charge on any atom is 0.338 e. The zero-order chi connectivity index (χ0) is 18.2. The minimum atomic E-state index is -0.134. The van der Waals surface area contributed by atoms with Crippen molar-refractivity contribution >= 4 is 5.97 Å². The quantitative estimate of drug-likeness (QED) is 0.829. The van der Waals surface area contributed by atoms with Gasteiger partial charge in [0.25, 0.3) is 0 Å². The van der Waals surface area contributed by atoms with Crippen molar-refractivity contribution in [1.29, 1.82) is 0 Å². The molecule has 1 saturated heterocycles. The molecule has 4 atom stereocenters. The largest absolute Gasteiger partial charge is 0.458 e. The van der Waals surface area contributed by atoms with E-state index in [1.165, 1.54) is 38.0 Å². The summed E-state index contributed by atoms with van der Waals surface area (Å²) in [6.07, 6.45) is 3.80. The number of fused-ring (bicyclic) bond motifs is 5. The first-order chi connectivity index (χ1) is 13.3. The number of hydrogen-bond donors (Lipinski definition) is 1. The number of ether oxygens (including phenoxy) is 1. The molecule has 1 heterocycles. The number of rotatable bonds is 5. The monoisotopic (exact) mass is 362 g/mol. The summed E-state index contributed by atoms with van der Waals surface area (Å²) in [5.41, 5.74) is 2.13. The summed E-state index contributed by atoms with van der Waals surface area (Å²) in [6, 6.07) is 20.3. The number of likely N-dealkylation sites (tertiary alicyclic amines) is 1. The van der Waals surface area contributed by atoms with Gasteiger partial charge in [0.05, 0.1) is 25.2 Å². The lowest BCUT2D eigenvalue weighted by Crippen LogP contribution is -3.11. The van der Waals surface area contributed by atoms with Crippen LogP contribution in [-0.2, 0) is 11.2 Å². The molecule has 0 unspecified atom stereocenters. The summed E-state index contributed by atoms with van der Waals surface area (Å²) in [7, 11) is 0. The van der Waals surface area contributed by atoms with Crippen LogP contribution in [0, 0.1) is 23.7 Å². The molecule has 5 rings (SSSR count). The zero-order valence-corrected chi connectivity index (χ0v) is 15.7. The third-order valence-corrected chi connectivity index (χ3v) is 7.24. The molecule has 2 aliphatic carbocycles. The molecule has 3 heteroatoms. The van der Waals surface area contributed by atoms with Gasteiger partial charge < -0.3 is 9.64 Å². The van der Waals surface area contributed by atoms with Crippen LogP contribution in [0.5, 0.6) is 0 Å². The fourth-order valence-electron chi connectivity index (χ4n) is 6.05. The van der Waals surface area contributed by atoms with Gasteiger partial charge in [-0.25, -0.2) is 4.79 Å². The molecule has 0 amide bonds. The SMILES string of the molecule is O=C(OC1[C@H]2CC[C@H]1[C@@H]1C[NH+](CCc3ccccc3)C[C@H]12)c1ccccc1. The van der Waals surface area contributed by atoms with E-state index in [0.717, 1.165) is 18.3 Å². The van der Waals surface area contributed by atoms with Crippen LogP contribution in [0.25, 0.3) is 0 Å². The van der Waals surface area contributed by atoms with Crippen LogP contribution in [0.2, 0.25) is 0 Å². The summed E-state index contributed by atoms with van der Waals surface area (Å²) in [6.45, 7) is 3.75. The van der Waals surface area contributed by atoms with E-state index in [9.17, 15) is 4.79 Å². The van der Waals surface area contributed by atoms with E-state index in [2.05, 4.69) is 30.3 Å². The Kier molecular flexibility index (Phi) is 4.48. The molecule has 2 aromatic rings.